The highest BCUT2D eigenvalue weighted by molar-refractivity contribution is 8.68. The lowest BCUT2D eigenvalue weighted by atomic mass is 10.0. The molecule has 1 radical (unpaired) electrons. The molecule has 2 heteroatoms. The predicted octanol–water partition coefficient (Wildman–Crippen LogP) is 5.20. The highest BCUT2D eigenvalue weighted by Crippen LogP contribution is 2.30. The van der Waals surface area contributed by atoms with Gasteiger partial charge in [0.25, 0.3) is 0 Å². The molecule has 0 saturated heterocycles. The van der Waals surface area contributed by atoms with E-state index in [0.717, 1.165) is 4.90 Å². The van der Waals surface area contributed by atoms with E-state index in [1.807, 2.05) is 0 Å². The van der Waals surface area contributed by atoms with Crippen LogP contribution in [0.15, 0.2) is 59.5 Å². The Morgan fingerprint density at radius 2 is 1.50 bits per heavy atom. The van der Waals surface area contributed by atoms with E-state index < -0.39 is 0 Å². The van der Waals surface area contributed by atoms with Crippen LogP contribution in [0.3, 0.4) is 0 Å². The topological polar surface area (TPSA) is 0 Å². The van der Waals surface area contributed by atoms with Gasteiger partial charge >= 0.3 is 0 Å². The third-order valence-corrected chi connectivity index (χ3v) is 3.84. The van der Waals surface area contributed by atoms with E-state index in [-0.39, 0.29) is 0 Å². The van der Waals surface area contributed by atoms with E-state index in [9.17, 15) is 0 Å². The molecule has 3 aromatic carbocycles. The van der Waals surface area contributed by atoms with Crippen LogP contribution in [0.5, 0.6) is 0 Å². The van der Waals surface area contributed by atoms with Crippen LogP contribution in [0.1, 0.15) is 0 Å². The molecule has 16 heavy (non-hydrogen) atoms. The summed E-state index contributed by atoms with van der Waals surface area (Å²) in [4.78, 5) is 1.14. The zero-order valence-electron chi connectivity index (χ0n) is 8.51. The van der Waals surface area contributed by atoms with Crippen LogP contribution in [0, 0.1) is 0 Å². The Morgan fingerprint density at radius 1 is 0.750 bits per heavy atom. The predicted molar refractivity (Wildman–Crippen MR) is 74.9 cm³/mol. The third kappa shape index (κ3) is 1.58. The van der Waals surface area contributed by atoms with Crippen LogP contribution in [0.4, 0.5) is 0 Å². The van der Waals surface area contributed by atoms with E-state index in [4.69, 9.17) is 11.7 Å². The molecule has 0 bridgehead atoms. The molecular formula is C14H9S2. The maximum atomic E-state index is 4.99. The largest absolute Gasteiger partial charge is 0.0616 e. The van der Waals surface area contributed by atoms with Gasteiger partial charge in [0.2, 0.25) is 0 Å². The lowest BCUT2D eigenvalue weighted by Crippen LogP contribution is -1.77. The molecule has 0 atom stereocenters. The average Bonchev–Trinajstić information content (AvgIpc) is 2.38. The lowest BCUT2D eigenvalue weighted by molar-refractivity contribution is 1.53. The van der Waals surface area contributed by atoms with Crippen molar-refractivity contribution in [2.45, 2.75) is 4.90 Å². The highest BCUT2D eigenvalue weighted by Gasteiger charge is 2.00. The summed E-state index contributed by atoms with van der Waals surface area (Å²) in [5.41, 5.74) is 0. The van der Waals surface area contributed by atoms with Gasteiger partial charge in [-0.3, -0.25) is 0 Å². The zero-order valence-corrected chi connectivity index (χ0v) is 10.1. The minimum atomic E-state index is 1.14. The molecule has 0 N–H and O–H groups in total. The lowest BCUT2D eigenvalue weighted by Gasteiger charge is -2.04. The monoisotopic (exact) mass is 241 g/mol. The summed E-state index contributed by atoms with van der Waals surface area (Å²) < 4.78 is 0. The smallest absolute Gasteiger partial charge is 0.0197 e. The van der Waals surface area contributed by atoms with E-state index in [2.05, 4.69) is 54.6 Å². The molecule has 0 aromatic heterocycles. The van der Waals surface area contributed by atoms with Gasteiger partial charge in [-0.05, 0) is 56.1 Å². The fourth-order valence-electron chi connectivity index (χ4n) is 2.04. The van der Waals surface area contributed by atoms with Crippen molar-refractivity contribution in [3.8, 4) is 0 Å². The maximum absolute atomic E-state index is 4.99. The van der Waals surface area contributed by atoms with Gasteiger partial charge in [0.05, 0.1) is 0 Å². The number of hydrogen-bond donors (Lipinski definition) is 0. The quantitative estimate of drug-likeness (QED) is 0.417. The molecule has 0 nitrogen and oxygen atoms in total. The van der Waals surface area contributed by atoms with Gasteiger partial charge in [-0.2, -0.15) is 0 Å². The molecule has 0 spiro atoms. The van der Waals surface area contributed by atoms with E-state index >= 15 is 0 Å². The molecule has 0 heterocycles. The van der Waals surface area contributed by atoms with Crippen molar-refractivity contribution in [1.29, 1.82) is 0 Å². The van der Waals surface area contributed by atoms with Crippen LogP contribution >= 0.6 is 22.5 Å². The molecule has 0 amide bonds. The zero-order chi connectivity index (χ0) is 11.0. The summed E-state index contributed by atoms with van der Waals surface area (Å²) >= 11 is 4.99. The fraction of sp³-hybridized carbons (Fsp3) is 0. The van der Waals surface area contributed by atoms with Crippen molar-refractivity contribution in [2.75, 3.05) is 0 Å². The second-order valence-electron chi connectivity index (χ2n) is 3.75. The van der Waals surface area contributed by atoms with Gasteiger partial charge < -0.3 is 0 Å². The molecule has 0 aliphatic rings. The highest BCUT2D eigenvalue weighted by atomic mass is 33.1. The van der Waals surface area contributed by atoms with E-state index in [1.165, 1.54) is 32.3 Å². The SMILES string of the molecule is [S]Sc1ccc2c(ccc3ccccc32)c1. The van der Waals surface area contributed by atoms with Gasteiger partial charge in [-0.15, -0.1) is 0 Å². The Kier molecular flexibility index (Phi) is 2.54. The molecule has 77 valence electrons. The van der Waals surface area contributed by atoms with Crippen LogP contribution in [-0.4, -0.2) is 0 Å². The Morgan fingerprint density at radius 3 is 2.38 bits per heavy atom. The molecule has 0 fully saturated rings. The van der Waals surface area contributed by atoms with Crippen LogP contribution < -0.4 is 0 Å². The first-order valence-electron chi connectivity index (χ1n) is 5.10. The first-order chi connectivity index (χ1) is 7.88. The third-order valence-electron chi connectivity index (χ3n) is 2.81. The standard InChI is InChI=1S/C14H9S2/c15-16-12-7-8-14-11(9-12)6-5-10-3-1-2-4-13(10)14/h1-9H. The van der Waals surface area contributed by atoms with Gasteiger partial charge in [-0.1, -0.05) is 42.5 Å². The van der Waals surface area contributed by atoms with Crippen molar-refractivity contribution in [1.82, 2.24) is 0 Å². The van der Waals surface area contributed by atoms with E-state index in [1.54, 1.807) is 0 Å². The summed E-state index contributed by atoms with van der Waals surface area (Å²) in [6.45, 7) is 0. The summed E-state index contributed by atoms with van der Waals surface area (Å²) in [6, 6.07) is 19.2. The first kappa shape index (κ1) is 10.1. The minimum absolute atomic E-state index is 1.14. The van der Waals surface area contributed by atoms with Gasteiger partial charge in [0.1, 0.15) is 0 Å². The van der Waals surface area contributed by atoms with Crippen molar-refractivity contribution in [3.63, 3.8) is 0 Å². The molecule has 3 aromatic rings. The Hall–Kier alpha value is -1.12. The molecule has 0 unspecified atom stereocenters. The van der Waals surface area contributed by atoms with Crippen LogP contribution in [0.25, 0.3) is 21.5 Å². The van der Waals surface area contributed by atoms with Gasteiger partial charge in [0.15, 0.2) is 0 Å². The van der Waals surface area contributed by atoms with Crippen molar-refractivity contribution in [3.05, 3.63) is 54.6 Å². The number of fused-ring (bicyclic) bond motifs is 3. The molecular weight excluding hydrogens is 232 g/mol. The van der Waals surface area contributed by atoms with Crippen molar-refractivity contribution < 1.29 is 0 Å². The summed E-state index contributed by atoms with van der Waals surface area (Å²) in [7, 11) is 1.37. The summed E-state index contributed by atoms with van der Waals surface area (Å²) in [5.74, 6) is 0. The molecule has 0 aliphatic heterocycles. The minimum Gasteiger partial charge on any atom is -0.0616 e. The maximum Gasteiger partial charge on any atom is 0.0197 e. The summed E-state index contributed by atoms with van der Waals surface area (Å²) in [5, 5.41) is 5.15. The second kappa shape index (κ2) is 4.04. The number of rotatable bonds is 1. The summed E-state index contributed by atoms with van der Waals surface area (Å²) in [6.07, 6.45) is 0. The average molecular weight is 241 g/mol. The molecule has 0 aliphatic carbocycles. The fourth-order valence-corrected chi connectivity index (χ4v) is 2.65. The molecule has 0 saturated carbocycles. The number of hydrogen-bond acceptors (Lipinski definition) is 1. The normalized spacial score (nSPS) is 11.1. The van der Waals surface area contributed by atoms with E-state index in [0.29, 0.717) is 0 Å². The van der Waals surface area contributed by atoms with Gasteiger partial charge in [0, 0.05) is 4.90 Å². The second-order valence-corrected chi connectivity index (χ2v) is 4.89. The van der Waals surface area contributed by atoms with Crippen molar-refractivity contribution >= 4 is 44.0 Å². The number of benzene rings is 3. The van der Waals surface area contributed by atoms with Crippen LogP contribution in [-0.2, 0) is 0 Å². The Labute approximate surface area is 103 Å². The van der Waals surface area contributed by atoms with Gasteiger partial charge in [-0.25, -0.2) is 0 Å². The van der Waals surface area contributed by atoms with Crippen LogP contribution in [0.2, 0.25) is 0 Å². The first-order valence-corrected chi connectivity index (χ1v) is 6.84. The molecule has 3 rings (SSSR count). The van der Waals surface area contributed by atoms with Crippen molar-refractivity contribution in [2.24, 2.45) is 0 Å². The Bertz CT molecular complexity index is 659. The Balaban J connectivity index is 2.43.